The topological polar surface area (TPSA) is 87.2 Å². The molecule has 2 aromatic rings. The molecule has 0 aromatic carbocycles. The van der Waals surface area contributed by atoms with Crippen LogP contribution < -0.4 is 10.1 Å². The van der Waals surface area contributed by atoms with Crippen LogP contribution in [0.4, 0.5) is 19.0 Å². The number of hydrogen-bond acceptors (Lipinski definition) is 5. The lowest BCUT2D eigenvalue weighted by atomic mass is 10.1. The number of halogens is 3. The highest BCUT2D eigenvalue weighted by atomic mass is 19.4. The summed E-state index contributed by atoms with van der Waals surface area (Å²) in [5, 5.41) is 16.5. The van der Waals surface area contributed by atoms with Crippen LogP contribution in [0.3, 0.4) is 0 Å². The molecule has 2 atom stereocenters. The van der Waals surface area contributed by atoms with E-state index in [1.54, 1.807) is 32.2 Å². The Morgan fingerprint density at radius 1 is 1.35 bits per heavy atom. The zero-order valence-corrected chi connectivity index (χ0v) is 17.2. The second kappa shape index (κ2) is 7.76. The van der Waals surface area contributed by atoms with Crippen LogP contribution in [0, 0.1) is 18.0 Å². The summed E-state index contributed by atoms with van der Waals surface area (Å²) >= 11 is 0. The minimum absolute atomic E-state index is 0.0213. The molecule has 0 bridgehead atoms. The van der Waals surface area contributed by atoms with Crippen molar-refractivity contribution < 1.29 is 27.3 Å². The van der Waals surface area contributed by atoms with Gasteiger partial charge in [-0.1, -0.05) is 0 Å². The van der Waals surface area contributed by atoms with E-state index in [-0.39, 0.29) is 30.8 Å². The fraction of sp³-hybridized carbons (Fsp3) is 0.476. The van der Waals surface area contributed by atoms with Crippen LogP contribution >= 0.6 is 0 Å². The third kappa shape index (κ3) is 4.64. The third-order valence-electron chi connectivity index (χ3n) is 5.74. The normalized spacial score (nSPS) is 22.8. The van der Waals surface area contributed by atoms with E-state index in [2.05, 4.69) is 15.3 Å². The Balaban J connectivity index is 1.51. The maximum atomic E-state index is 13.7. The van der Waals surface area contributed by atoms with E-state index in [0.717, 1.165) is 24.0 Å². The van der Waals surface area contributed by atoms with Gasteiger partial charge in [0.15, 0.2) is 6.61 Å². The molecular formula is C21H23F3N4O3. The predicted octanol–water partition coefficient (Wildman–Crippen LogP) is 4.16. The Kier molecular flexibility index (Phi) is 5.38. The molecule has 0 radical (unpaired) electrons. The summed E-state index contributed by atoms with van der Waals surface area (Å²) in [7, 11) is 0. The number of carbonyl (C=O) groups excluding carboxylic acids is 1. The number of aryl methyl sites for hydroxylation is 1. The first-order valence-electron chi connectivity index (χ1n) is 10.1. The fourth-order valence-electron chi connectivity index (χ4n) is 3.95. The summed E-state index contributed by atoms with van der Waals surface area (Å²) < 4.78 is 41.3. The third-order valence-corrected chi connectivity index (χ3v) is 5.74. The van der Waals surface area contributed by atoms with Crippen LogP contribution in [0.1, 0.15) is 48.1 Å². The van der Waals surface area contributed by atoms with Gasteiger partial charge in [-0.2, -0.15) is 13.2 Å². The quantitative estimate of drug-likeness (QED) is 0.543. The monoisotopic (exact) mass is 436 g/mol. The zero-order chi connectivity index (χ0) is 22.4. The molecule has 1 fully saturated rings. The largest absolute Gasteiger partial charge is 0.632 e. The van der Waals surface area contributed by atoms with Gasteiger partial charge in [0.1, 0.15) is 24.9 Å². The highest BCUT2D eigenvalue weighted by Crippen LogP contribution is 2.44. The van der Waals surface area contributed by atoms with Crippen LogP contribution in [-0.4, -0.2) is 33.3 Å². The second-order valence-corrected chi connectivity index (χ2v) is 8.31. The Morgan fingerprint density at radius 3 is 2.74 bits per heavy atom. The number of carbonyl (C=O) groups is 1. The number of alkyl halides is 3. The fourth-order valence-corrected chi connectivity index (χ4v) is 3.95. The van der Waals surface area contributed by atoms with Crippen LogP contribution in [0.5, 0.6) is 5.88 Å². The smallest absolute Gasteiger partial charge is 0.422 e. The molecule has 31 heavy (non-hydrogen) atoms. The van der Waals surface area contributed by atoms with Crippen LogP contribution in [0.15, 0.2) is 24.5 Å². The summed E-state index contributed by atoms with van der Waals surface area (Å²) in [6.45, 7) is 2.26. The first-order valence-corrected chi connectivity index (χ1v) is 10.1. The van der Waals surface area contributed by atoms with Gasteiger partial charge in [0, 0.05) is 35.0 Å². The molecule has 4 rings (SSSR count). The number of fused-ring (bicyclic) bond motifs is 1. The second-order valence-electron chi connectivity index (χ2n) is 8.31. The molecular weight excluding hydrogens is 413 g/mol. The van der Waals surface area contributed by atoms with Gasteiger partial charge in [0.25, 0.3) is 0 Å². The zero-order valence-electron chi connectivity index (χ0n) is 17.2. The average molecular weight is 436 g/mol. The van der Waals surface area contributed by atoms with Gasteiger partial charge in [-0.05, 0) is 38.8 Å². The number of hydrogen-bond donors (Lipinski definition) is 1. The van der Waals surface area contributed by atoms with E-state index >= 15 is 0 Å². The molecule has 3 heterocycles. The van der Waals surface area contributed by atoms with Crippen molar-refractivity contribution in [2.24, 2.45) is 5.92 Å². The molecule has 2 aliphatic rings. The Bertz CT molecular complexity index is 1010. The van der Waals surface area contributed by atoms with E-state index in [0.29, 0.717) is 16.9 Å². The number of amides is 1. The Hall–Kier alpha value is -2.72. The molecule has 0 saturated heterocycles. The number of ether oxygens (including phenoxy) is 1. The van der Waals surface area contributed by atoms with Crippen molar-refractivity contribution in [2.75, 3.05) is 11.9 Å². The molecule has 1 saturated carbocycles. The molecule has 2 unspecified atom stereocenters. The van der Waals surface area contributed by atoms with Gasteiger partial charge in [0.2, 0.25) is 11.8 Å². The molecule has 10 heteroatoms. The van der Waals surface area contributed by atoms with Gasteiger partial charge in [-0.25, -0.2) is 9.97 Å². The predicted molar refractivity (Wildman–Crippen MR) is 106 cm³/mol. The van der Waals surface area contributed by atoms with Crippen molar-refractivity contribution >= 4 is 11.7 Å². The Labute approximate surface area is 177 Å². The lowest BCUT2D eigenvalue weighted by molar-refractivity contribution is -0.928. The van der Waals surface area contributed by atoms with Crippen molar-refractivity contribution in [3.05, 3.63) is 52.0 Å². The molecule has 1 aliphatic carbocycles. The van der Waals surface area contributed by atoms with Gasteiger partial charge in [-0.3, -0.25) is 4.79 Å². The van der Waals surface area contributed by atoms with Crippen molar-refractivity contribution in [3.63, 3.8) is 0 Å². The molecule has 1 aliphatic heterocycles. The van der Waals surface area contributed by atoms with Gasteiger partial charge >= 0.3 is 6.18 Å². The first kappa shape index (κ1) is 21.5. The van der Waals surface area contributed by atoms with E-state index in [4.69, 9.17) is 4.74 Å². The lowest BCUT2D eigenvalue weighted by Crippen LogP contribution is -2.38. The maximum Gasteiger partial charge on any atom is 0.422 e. The number of hydroxylamine groups is 3. The number of quaternary nitrogens is 1. The van der Waals surface area contributed by atoms with E-state index < -0.39 is 23.5 Å². The highest BCUT2D eigenvalue weighted by Gasteiger charge is 2.40. The number of nitrogens with one attached hydrogen (secondary N) is 1. The molecule has 1 N–H and O–H groups in total. The number of rotatable bonds is 6. The van der Waals surface area contributed by atoms with E-state index in [9.17, 15) is 23.2 Å². The van der Waals surface area contributed by atoms with E-state index in [1.165, 1.54) is 6.20 Å². The summed E-state index contributed by atoms with van der Waals surface area (Å²) in [4.78, 5) is 20.5. The molecule has 2 aromatic heterocycles. The van der Waals surface area contributed by atoms with Gasteiger partial charge in [-0.15, -0.1) is 0 Å². The first-order chi connectivity index (χ1) is 14.6. The van der Waals surface area contributed by atoms with E-state index in [1.807, 2.05) is 0 Å². The van der Waals surface area contributed by atoms with Gasteiger partial charge in [0.05, 0.1) is 5.56 Å². The molecule has 0 spiro atoms. The molecule has 1 amide bonds. The average Bonchev–Trinajstić information content (AvgIpc) is 3.48. The summed E-state index contributed by atoms with van der Waals surface area (Å²) in [5.41, 5.74) is 2.60. The summed E-state index contributed by atoms with van der Waals surface area (Å²) in [6.07, 6.45) is 0.247. The summed E-state index contributed by atoms with van der Waals surface area (Å²) in [5.74, 6) is 0.278. The molecule has 166 valence electrons. The number of anilines is 1. The van der Waals surface area contributed by atoms with Gasteiger partial charge < -0.3 is 19.9 Å². The van der Waals surface area contributed by atoms with Crippen molar-refractivity contribution in [1.82, 2.24) is 9.97 Å². The standard InChI is InChI=1S/C21H23F3N4O3/c1-12-7-14(8-26-20(12)31-11-21(22,23)24)9-28(30)10-16-5-6-25-18(17(16)13(28)2)27-19(29)15-3-4-15/h5-8,13,15H,3-4,9-11H2,1-2H3,(H,25,27,29). The number of pyridine rings is 2. The van der Waals surface area contributed by atoms with Crippen LogP contribution in [-0.2, 0) is 17.9 Å². The summed E-state index contributed by atoms with van der Waals surface area (Å²) in [6, 6.07) is 2.94. The maximum absolute atomic E-state index is 13.7. The highest BCUT2D eigenvalue weighted by molar-refractivity contribution is 5.94. The lowest BCUT2D eigenvalue weighted by Gasteiger charge is -2.43. The van der Waals surface area contributed by atoms with Crippen molar-refractivity contribution in [3.8, 4) is 5.88 Å². The minimum atomic E-state index is -4.45. The van der Waals surface area contributed by atoms with Crippen LogP contribution in [0.2, 0.25) is 0 Å². The number of aromatic nitrogens is 2. The number of nitrogens with zero attached hydrogens (tertiary/aromatic N) is 3. The van der Waals surface area contributed by atoms with Crippen molar-refractivity contribution in [1.29, 1.82) is 0 Å². The Morgan fingerprint density at radius 2 is 2.10 bits per heavy atom. The minimum Gasteiger partial charge on any atom is -0.632 e. The molecule has 7 nitrogen and oxygen atoms in total. The van der Waals surface area contributed by atoms with Crippen molar-refractivity contribution in [2.45, 2.75) is 52.0 Å². The SMILES string of the molecule is Cc1cc(C[N+]2([O-])Cc3ccnc(NC(=O)C4CC4)c3C2C)cnc1OCC(F)(F)F. The van der Waals surface area contributed by atoms with Crippen LogP contribution in [0.25, 0.3) is 0 Å².